The molecule has 0 amide bonds. The molecule has 0 spiro atoms. The van der Waals surface area contributed by atoms with Gasteiger partial charge in [-0.05, 0) is 35.0 Å². The molecule has 112 valence electrons. The Labute approximate surface area is 139 Å². The lowest BCUT2D eigenvalue weighted by molar-refractivity contribution is 0.0601. The van der Waals surface area contributed by atoms with Gasteiger partial charge in [0.15, 0.2) is 0 Å². The number of halogens is 2. The van der Waals surface area contributed by atoms with Crippen LogP contribution >= 0.6 is 31.9 Å². The summed E-state index contributed by atoms with van der Waals surface area (Å²) < 4.78 is 8.17. The molecule has 5 nitrogen and oxygen atoms in total. The largest absolute Gasteiger partial charge is 0.465 e. The number of hydrogen-bond donors (Lipinski definition) is 1. The highest BCUT2D eigenvalue weighted by Gasteiger charge is 2.18. The van der Waals surface area contributed by atoms with Gasteiger partial charge >= 0.3 is 5.97 Å². The molecule has 0 aliphatic heterocycles. The number of anilines is 1. The number of benzene rings is 1. The normalized spacial score (nSPS) is 12.0. The molecule has 0 saturated carbocycles. The Balaban J connectivity index is 2.36. The van der Waals surface area contributed by atoms with Crippen LogP contribution < -0.4 is 5.32 Å². The molecule has 1 heterocycles. The number of methoxy groups -OCH3 is 1. The number of carbonyl (C=O) groups excluding carboxylic acids is 1. The third-order valence-corrected chi connectivity index (χ3v) is 4.13. The lowest BCUT2D eigenvalue weighted by Crippen LogP contribution is -2.12. The fourth-order valence-corrected chi connectivity index (χ4v) is 3.29. The molecule has 7 heteroatoms. The molecule has 1 unspecified atom stereocenters. The van der Waals surface area contributed by atoms with E-state index in [0.717, 1.165) is 14.5 Å². The second kappa shape index (κ2) is 6.62. The van der Waals surface area contributed by atoms with Crippen molar-refractivity contribution in [2.24, 2.45) is 7.05 Å². The first-order valence-electron chi connectivity index (χ1n) is 6.24. The zero-order valence-corrected chi connectivity index (χ0v) is 15.0. The number of aryl methyl sites for hydroxylation is 1. The summed E-state index contributed by atoms with van der Waals surface area (Å²) in [6.45, 7) is 2.01. The molecular formula is C14H15Br2N3O2. The van der Waals surface area contributed by atoms with Gasteiger partial charge in [-0.2, -0.15) is 5.10 Å². The maximum Gasteiger partial charge on any atom is 0.340 e. The molecule has 0 aliphatic rings. The monoisotopic (exact) mass is 415 g/mol. The lowest BCUT2D eigenvalue weighted by atomic mass is 10.1. The first-order valence-corrected chi connectivity index (χ1v) is 7.83. The molecule has 0 saturated heterocycles. The quantitative estimate of drug-likeness (QED) is 0.767. The van der Waals surface area contributed by atoms with Gasteiger partial charge in [-0.15, -0.1) is 0 Å². The summed E-state index contributed by atoms with van der Waals surface area (Å²) >= 11 is 6.86. The van der Waals surface area contributed by atoms with Crippen molar-refractivity contribution in [2.75, 3.05) is 12.4 Å². The number of aromatic nitrogens is 2. The van der Waals surface area contributed by atoms with Gasteiger partial charge in [-0.1, -0.05) is 15.9 Å². The first kappa shape index (κ1) is 16.0. The average Bonchev–Trinajstić information content (AvgIpc) is 2.87. The predicted octanol–water partition coefficient (Wildman–Crippen LogP) is 3.90. The summed E-state index contributed by atoms with van der Waals surface area (Å²) in [4.78, 5) is 11.9. The molecule has 0 radical (unpaired) electrons. The van der Waals surface area contributed by atoms with Gasteiger partial charge in [0, 0.05) is 27.8 Å². The van der Waals surface area contributed by atoms with E-state index in [2.05, 4.69) is 42.3 Å². The summed E-state index contributed by atoms with van der Waals surface area (Å²) in [6.07, 6.45) is 3.73. The Morgan fingerprint density at radius 1 is 1.43 bits per heavy atom. The third kappa shape index (κ3) is 3.65. The van der Waals surface area contributed by atoms with E-state index in [1.165, 1.54) is 7.11 Å². The van der Waals surface area contributed by atoms with Crippen molar-refractivity contribution in [1.29, 1.82) is 0 Å². The number of hydrogen-bond acceptors (Lipinski definition) is 4. The third-order valence-electron chi connectivity index (χ3n) is 3.05. The van der Waals surface area contributed by atoms with Crippen molar-refractivity contribution < 1.29 is 9.53 Å². The fourth-order valence-electron chi connectivity index (χ4n) is 1.95. The van der Waals surface area contributed by atoms with Gasteiger partial charge in [0.25, 0.3) is 0 Å². The topological polar surface area (TPSA) is 56.1 Å². The lowest BCUT2D eigenvalue weighted by Gasteiger charge is -2.18. The Hall–Kier alpha value is -1.34. The number of rotatable bonds is 4. The smallest absolute Gasteiger partial charge is 0.340 e. The van der Waals surface area contributed by atoms with Crippen LogP contribution in [-0.4, -0.2) is 22.9 Å². The van der Waals surface area contributed by atoms with Gasteiger partial charge in [-0.25, -0.2) is 4.79 Å². The molecule has 1 aromatic heterocycles. The Morgan fingerprint density at radius 2 is 2.14 bits per heavy atom. The second-order valence-corrected chi connectivity index (χ2v) is 6.39. The molecule has 0 aliphatic carbocycles. The van der Waals surface area contributed by atoms with E-state index in [1.54, 1.807) is 16.9 Å². The molecule has 1 N–H and O–H groups in total. The van der Waals surface area contributed by atoms with Crippen molar-refractivity contribution in [2.45, 2.75) is 13.0 Å². The molecule has 2 aromatic rings. The van der Waals surface area contributed by atoms with E-state index in [1.807, 2.05) is 26.2 Å². The van der Waals surface area contributed by atoms with Gasteiger partial charge < -0.3 is 10.1 Å². The summed E-state index contributed by atoms with van der Waals surface area (Å²) in [5.41, 5.74) is 2.19. The Kier molecular flexibility index (Phi) is 5.05. The summed E-state index contributed by atoms with van der Waals surface area (Å²) in [6, 6.07) is 3.61. The standard InChI is InChI=1S/C14H15Br2N3O2/c1-8(9-6-17-19(2)7-9)18-13-11(14(20)21-3)4-10(15)5-12(13)16/h4-8,18H,1-3H3. The Morgan fingerprint density at radius 3 is 2.71 bits per heavy atom. The molecule has 1 atom stereocenters. The van der Waals surface area contributed by atoms with E-state index in [4.69, 9.17) is 4.74 Å². The minimum atomic E-state index is -0.391. The molecule has 2 rings (SSSR count). The van der Waals surface area contributed by atoms with Crippen molar-refractivity contribution in [3.05, 3.63) is 44.6 Å². The van der Waals surface area contributed by atoms with E-state index in [9.17, 15) is 4.79 Å². The minimum absolute atomic E-state index is 0.000387. The van der Waals surface area contributed by atoms with Gasteiger partial charge in [-0.3, -0.25) is 4.68 Å². The van der Waals surface area contributed by atoms with Crippen molar-refractivity contribution >= 4 is 43.5 Å². The van der Waals surface area contributed by atoms with Crippen LogP contribution in [0, 0.1) is 0 Å². The highest BCUT2D eigenvalue weighted by atomic mass is 79.9. The summed E-state index contributed by atoms with van der Waals surface area (Å²) in [5.74, 6) is -0.391. The average molecular weight is 417 g/mol. The van der Waals surface area contributed by atoms with E-state index < -0.39 is 5.97 Å². The molecular weight excluding hydrogens is 402 g/mol. The molecule has 0 bridgehead atoms. The number of nitrogens with one attached hydrogen (secondary N) is 1. The van der Waals surface area contributed by atoms with Crippen LogP contribution in [-0.2, 0) is 11.8 Å². The van der Waals surface area contributed by atoms with E-state index in [0.29, 0.717) is 11.3 Å². The molecule has 0 fully saturated rings. The number of nitrogens with zero attached hydrogens (tertiary/aromatic N) is 2. The van der Waals surface area contributed by atoms with Crippen LogP contribution in [0.5, 0.6) is 0 Å². The maximum atomic E-state index is 11.9. The van der Waals surface area contributed by atoms with Crippen molar-refractivity contribution in [1.82, 2.24) is 9.78 Å². The van der Waals surface area contributed by atoms with Crippen LogP contribution in [0.4, 0.5) is 5.69 Å². The number of ether oxygens (including phenoxy) is 1. The number of esters is 1. The molecule has 1 aromatic carbocycles. The summed E-state index contributed by atoms with van der Waals surface area (Å²) in [7, 11) is 3.23. The highest BCUT2D eigenvalue weighted by molar-refractivity contribution is 9.11. The minimum Gasteiger partial charge on any atom is -0.465 e. The SMILES string of the molecule is COC(=O)c1cc(Br)cc(Br)c1NC(C)c1cnn(C)c1. The van der Waals surface area contributed by atoms with Crippen LogP contribution in [0.15, 0.2) is 33.5 Å². The van der Waals surface area contributed by atoms with Crippen LogP contribution in [0.25, 0.3) is 0 Å². The van der Waals surface area contributed by atoms with Gasteiger partial charge in [0.2, 0.25) is 0 Å². The maximum absolute atomic E-state index is 11.9. The van der Waals surface area contributed by atoms with Crippen LogP contribution in [0.2, 0.25) is 0 Å². The highest BCUT2D eigenvalue weighted by Crippen LogP contribution is 2.33. The summed E-state index contributed by atoms with van der Waals surface area (Å²) in [5, 5.41) is 7.48. The van der Waals surface area contributed by atoms with Crippen molar-refractivity contribution in [3.63, 3.8) is 0 Å². The fraction of sp³-hybridized carbons (Fsp3) is 0.286. The predicted molar refractivity (Wildman–Crippen MR) is 88.4 cm³/mol. The molecule has 21 heavy (non-hydrogen) atoms. The van der Waals surface area contributed by atoms with Crippen LogP contribution in [0.3, 0.4) is 0 Å². The van der Waals surface area contributed by atoms with E-state index >= 15 is 0 Å². The van der Waals surface area contributed by atoms with Gasteiger partial charge in [0.1, 0.15) is 0 Å². The first-order chi connectivity index (χ1) is 9.92. The zero-order chi connectivity index (χ0) is 15.6. The van der Waals surface area contributed by atoms with Crippen LogP contribution in [0.1, 0.15) is 28.9 Å². The number of carbonyl (C=O) groups is 1. The van der Waals surface area contributed by atoms with E-state index in [-0.39, 0.29) is 6.04 Å². The Bertz CT molecular complexity index is 670. The second-order valence-electron chi connectivity index (χ2n) is 4.62. The van der Waals surface area contributed by atoms with Crippen molar-refractivity contribution in [3.8, 4) is 0 Å². The zero-order valence-electron chi connectivity index (χ0n) is 11.9. The van der Waals surface area contributed by atoms with Gasteiger partial charge in [0.05, 0.1) is 30.6 Å².